The van der Waals surface area contributed by atoms with E-state index in [1.165, 1.54) is 6.42 Å². The van der Waals surface area contributed by atoms with Crippen molar-refractivity contribution >= 4 is 5.97 Å². The summed E-state index contributed by atoms with van der Waals surface area (Å²) in [6.45, 7) is 6.68. The van der Waals surface area contributed by atoms with Gasteiger partial charge in [-0.3, -0.25) is 4.79 Å². The van der Waals surface area contributed by atoms with E-state index in [0.29, 0.717) is 12.5 Å². The van der Waals surface area contributed by atoms with Gasteiger partial charge in [-0.2, -0.15) is 0 Å². The van der Waals surface area contributed by atoms with Crippen molar-refractivity contribution in [2.24, 2.45) is 0 Å². The van der Waals surface area contributed by atoms with Gasteiger partial charge in [-0.15, -0.1) is 0 Å². The molecule has 0 amide bonds. The van der Waals surface area contributed by atoms with Gasteiger partial charge < -0.3 is 14.9 Å². The topological polar surface area (TPSA) is 43.8 Å². The average molecular weight is 228 g/mol. The molecule has 0 aromatic rings. The Balaban J connectivity index is 2.15. The van der Waals surface area contributed by atoms with Gasteiger partial charge in [-0.25, -0.2) is 0 Å². The highest BCUT2D eigenvalue weighted by molar-refractivity contribution is 5.66. The molecule has 1 unspecified atom stereocenters. The normalized spacial score (nSPS) is 23.5. The van der Waals surface area contributed by atoms with Gasteiger partial charge in [-0.05, 0) is 32.9 Å². The maximum absolute atomic E-state index is 10.4. The Bertz CT molecular complexity index is 221. The third-order valence-corrected chi connectivity index (χ3v) is 3.45. The smallest absolute Gasteiger partial charge is 0.303 e. The molecule has 94 valence electrons. The van der Waals surface area contributed by atoms with Crippen molar-refractivity contribution in [3.63, 3.8) is 0 Å². The number of carboxylic acids is 1. The van der Waals surface area contributed by atoms with Crippen LogP contribution in [0.1, 0.15) is 32.6 Å². The number of hydrogen-bond donors (Lipinski definition) is 1. The van der Waals surface area contributed by atoms with E-state index in [1.54, 1.807) is 0 Å². The molecule has 1 N–H and O–H groups in total. The monoisotopic (exact) mass is 228 g/mol. The molecule has 1 aliphatic heterocycles. The molecule has 0 aliphatic carbocycles. The van der Waals surface area contributed by atoms with Crippen LogP contribution in [-0.2, 0) is 4.79 Å². The molecule has 1 saturated heterocycles. The minimum atomic E-state index is -0.676. The molecule has 0 aromatic carbocycles. The lowest BCUT2D eigenvalue weighted by Gasteiger charge is -2.39. The lowest BCUT2D eigenvalue weighted by molar-refractivity contribution is -0.137. The summed E-state index contributed by atoms with van der Waals surface area (Å²) in [6.07, 6.45) is 3.32. The minimum absolute atomic E-state index is 0.310. The van der Waals surface area contributed by atoms with E-state index in [9.17, 15) is 4.79 Å². The summed E-state index contributed by atoms with van der Waals surface area (Å²) in [6, 6.07) is 0.674. The Labute approximate surface area is 98.2 Å². The summed E-state index contributed by atoms with van der Waals surface area (Å²) in [5.41, 5.74) is 0. The van der Waals surface area contributed by atoms with E-state index >= 15 is 0 Å². The van der Waals surface area contributed by atoms with Gasteiger partial charge in [-0.1, -0.05) is 6.92 Å². The van der Waals surface area contributed by atoms with Crippen molar-refractivity contribution in [3.05, 3.63) is 0 Å². The first kappa shape index (κ1) is 13.5. The zero-order valence-corrected chi connectivity index (χ0v) is 10.5. The van der Waals surface area contributed by atoms with E-state index < -0.39 is 5.97 Å². The summed E-state index contributed by atoms with van der Waals surface area (Å²) in [5.74, 6) is -0.676. The van der Waals surface area contributed by atoms with Gasteiger partial charge >= 0.3 is 5.97 Å². The Morgan fingerprint density at radius 3 is 2.75 bits per heavy atom. The van der Waals surface area contributed by atoms with E-state index in [4.69, 9.17) is 5.11 Å². The van der Waals surface area contributed by atoms with Gasteiger partial charge in [0.05, 0.1) is 0 Å². The summed E-state index contributed by atoms with van der Waals surface area (Å²) in [4.78, 5) is 15.3. The number of carboxylic acid groups (broad SMARTS) is 1. The first-order valence-corrected chi connectivity index (χ1v) is 6.28. The molecule has 0 radical (unpaired) electrons. The van der Waals surface area contributed by atoms with Crippen LogP contribution >= 0.6 is 0 Å². The minimum Gasteiger partial charge on any atom is -0.481 e. The Kier molecular flexibility index (Phi) is 5.77. The molecule has 0 bridgehead atoms. The van der Waals surface area contributed by atoms with Crippen molar-refractivity contribution in [2.45, 2.75) is 38.6 Å². The lowest BCUT2D eigenvalue weighted by Crippen LogP contribution is -2.51. The molecule has 1 rings (SSSR count). The number of carbonyl (C=O) groups is 1. The first-order chi connectivity index (χ1) is 7.63. The molecule has 4 nitrogen and oxygen atoms in total. The maximum Gasteiger partial charge on any atom is 0.303 e. The van der Waals surface area contributed by atoms with Crippen LogP contribution in [0, 0.1) is 0 Å². The highest BCUT2D eigenvalue weighted by Crippen LogP contribution is 2.11. The number of nitrogens with zero attached hydrogens (tertiary/aromatic N) is 2. The zero-order valence-electron chi connectivity index (χ0n) is 10.5. The summed E-state index contributed by atoms with van der Waals surface area (Å²) < 4.78 is 0. The van der Waals surface area contributed by atoms with Crippen molar-refractivity contribution in [1.82, 2.24) is 9.80 Å². The van der Waals surface area contributed by atoms with Crippen LogP contribution in [0.2, 0.25) is 0 Å². The maximum atomic E-state index is 10.4. The third-order valence-electron chi connectivity index (χ3n) is 3.45. The number of unbranched alkanes of at least 4 members (excludes halogenated alkanes) is 1. The SMILES string of the molecule is CCC1CN(CCCCC(=O)O)CCN1C. The molecular formula is C12H24N2O2. The molecule has 1 fully saturated rings. The number of rotatable bonds is 6. The highest BCUT2D eigenvalue weighted by atomic mass is 16.4. The largest absolute Gasteiger partial charge is 0.481 e. The molecule has 0 spiro atoms. The lowest BCUT2D eigenvalue weighted by atomic mass is 10.1. The second-order valence-electron chi connectivity index (χ2n) is 4.69. The van der Waals surface area contributed by atoms with Crippen LogP contribution in [0.15, 0.2) is 0 Å². The number of hydrogen-bond acceptors (Lipinski definition) is 3. The molecule has 1 atom stereocenters. The first-order valence-electron chi connectivity index (χ1n) is 6.28. The van der Waals surface area contributed by atoms with Gasteiger partial charge in [0.25, 0.3) is 0 Å². The number of piperazine rings is 1. The van der Waals surface area contributed by atoms with E-state index in [1.807, 2.05) is 0 Å². The summed E-state index contributed by atoms with van der Waals surface area (Å²) in [5, 5.41) is 8.55. The van der Waals surface area contributed by atoms with E-state index in [-0.39, 0.29) is 0 Å². The zero-order chi connectivity index (χ0) is 12.0. The quantitative estimate of drug-likeness (QED) is 0.695. The summed E-state index contributed by atoms with van der Waals surface area (Å²) >= 11 is 0. The molecule has 16 heavy (non-hydrogen) atoms. The van der Waals surface area contributed by atoms with Crippen molar-refractivity contribution in [3.8, 4) is 0 Å². The van der Waals surface area contributed by atoms with Gasteiger partial charge in [0, 0.05) is 32.1 Å². The Morgan fingerprint density at radius 1 is 1.38 bits per heavy atom. The standard InChI is InChI=1S/C12H24N2O2/c1-3-11-10-14(9-8-13(11)2)7-5-4-6-12(15)16/h11H,3-10H2,1-2H3,(H,15,16). The fourth-order valence-corrected chi connectivity index (χ4v) is 2.27. The van der Waals surface area contributed by atoms with Crippen LogP contribution in [0.25, 0.3) is 0 Å². The second kappa shape index (κ2) is 6.86. The predicted octanol–water partition coefficient (Wildman–Crippen LogP) is 1.27. The van der Waals surface area contributed by atoms with Crippen LogP contribution in [0.5, 0.6) is 0 Å². The average Bonchev–Trinajstić information content (AvgIpc) is 2.26. The van der Waals surface area contributed by atoms with Gasteiger partial charge in [0.2, 0.25) is 0 Å². The molecule has 0 saturated carbocycles. The Hall–Kier alpha value is -0.610. The second-order valence-corrected chi connectivity index (χ2v) is 4.69. The fraction of sp³-hybridized carbons (Fsp3) is 0.917. The molecule has 1 aliphatic rings. The van der Waals surface area contributed by atoms with Gasteiger partial charge in [0.1, 0.15) is 0 Å². The number of aliphatic carboxylic acids is 1. The van der Waals surface area contributed by atoms with Crippen molar-refractivity contribution < 1.29 is 9.90 Å². The molecule has 1 heterocycles. The van der Waals surface area contributed by atoms with Crippen LogP contribution in [0.3, 0.4) is 0 Å². The van der Waals surface area contributed by atoms with Crippen LogP contribution in [-0.4, -0.2) is 60.1 Å². The third kappa shape index (κ3) is 4.49. The van der Waals surface area contributed by atoms with Crippen LogP contribution in [0.4, 0.5) is 0 Å². The van der Waals surface area contributed by atoms with Crippen molar-refractivity contribution in [1.29, 1.82) is 0 Å². The van der Waals surface area contributed by atoms with E-state index in [2.05, 4.69) is 23.8 Å². The predicted molar refractivity (Wildman–Crippen MR) is 64.6 cm³/mol. The summed E-state index contributed by atoms with van der Waals surface area (Å²) in [7, 11) is 2.19. The fourth-order valence-electron chi connectivity index (χ4n) is 2.27. The Morgan fingerprint density at radius 2 is 2.12 bits per heavy atom. The highest BCUT2D eigenvalue weighted by Gasteiger charge is 2.21. The van der Waals surface area contributed by atoms with Gasteiger partial charge in [0.15, 0.2) is 0 Å². The molecule has 0 aromatic heterocycles. The van der Waals surface area contributed by atoms with Crippen LogP contribution < -0.4 is 0 Å². The molecule has 4 heteroatoms. The van der Waals surface area contributed by atoms with E-state index in [0.717, 1.165) is 39.0 Å². The molecular weight excluding hydrogens is 204 g/mol. The van der Waals surface area contributed by atoms with Crippen molar-refractivity contribution in [2.75, 3.05) is 33.2 Å². The number of likely N-dealkylation sites (N-methyl/N-ethyl adjacent to an activating group) is 1.